The third kappa shape index (κ3) is 7.90. The van der Waals surface area contributed by atoms with Crippen LogP contribution in [-0.2, 0) is 4.74 Å². The summed E-state index contributed by atoms with van der Waals surface area (Å²) in [5.74, 6) is 1.20. The van der Waals surface area contributed by atoms with Crippen molar-refractivity contribution < 1.29 is 9.13 Å². The number of nitrogens with zero attached hydrogens (tertiary/aromatic N) is 3. The van der Waals surface area contributed by atoms with Crippen LogP contribution >= 0.6 is 24.0 Å². The molecule has 2 saturated heterocycles. The predicted molar refractivity (Wildman–Crippen MR) is 128 cm³/mol. The van der Waals surface area contributed by atoms with Gasteiger partial charge in [-0.1, -0.05) is 13.0 Å². The normalized spacial score (nSPS) is 22.0. The standard InChI is InChI=1S/C21H34FN5O.HI/c1-17(15-26-9-11-28-12-10-26)14-24-21(23-2)25-19-6-4-8-27(16-19)20-7-3-5-18(22)13-20;/h3,5,7,13,17,19H,4,6,8-12,14-16H2,1-2H3,(H2,23,24,25);1H. The summed E-state index contributed by atoms with van der Waals surface area (Å²) >= 11 is 0. The zero-order chi connectivity index (χ0) is 19.8. The second kappa shape index (κ2) is 12.5. The number of nitrogens with one attached hydrogen (secondary N) is 2. The number of piperidine rings is 1. The third-order valence-corrected chi connectivity index (χ3v) is 5.45. The van der Waals surface area contributed by atoms with E-state index in [-0.39, 0.29) is 29.8 Å². The molecule has 1 aromatic rings. The zero-order valence-electron chi connectivity index (χ0n) is 17.6. The number of hydrogen-bond donors (Lipinski definition) is 2. The van der Waals surface area contributed by atoms with E-state index in [9.17, 15) is 4.39 Å². The molecule has 2 unspecified atom stereocenters. The van der Waals surface area contributed by atoms with Crippen LogP contribution in [0.2, 0.25) is 0 Å². The Balaban J connectivity index is 0.00000300. The van der Waals surface area contributed by atoms with E-state index in [1.165, 1.54) is 6.07 Å². The van der Waals surface area contributed by atoms with Gasteiger partial charge in [-0.05, 0) is 37.0 Å². The van der Waals surface area contributed by atoms with Gasteiger partial charge in [0.1, 0.15) is 5.82 Å². The monoisotopic (exact) mass is 519 g/mol. The average Bonchev–Trinajstić information content (AvgIpc) is 2.72. The molecule has 0 aliphatic carbocycles. The van der Waals surface area contributed by atoms with Gasteiger partial charge in [-0.15, -0.1) is 24.0 Å². The van der Waals surface area contributed by atoms with Gasteiger partial charge in [-0.2, -0.15) is 0 Å². The van der Waals surface area contributed by atoms with E-state index >= 15 is 0 Å². The molecule has 3 rings (SSSR count). The van der Waals surface area contributed by atoms with Crippen LogP contribution in [0.15, 0.2) is 29.3 Å². The molecule has 0 spiro atoms. The highest BCUT2D eigenvalue weighted by molar-refractivity contribution is 14.0. The van der Waals surface area contributed by atoms with Crippen molar-refractivity contribution in [1.29, 1.82) is 0 Å². The lowest BCUT2D eigenvalue weighted by Gasteiger charge is -2.35. The predicted octanol–water partition coefficient (Wildman–Crippen LogP) is 2.55. The fourth-order valence-corrected chi connectivity index (χ4v) is 3.95. The minimum Gasteiger partial charge on any atom is -0.379 e. The quantitative estimate of drug-likeness (QED) is 0.344. The highest BCUT2D eigenvalue weighted by Gasteiger charge is 2.21. The minimum atomic E-state index is -0.181. The van der Waals surface area contributed by atoms with Gasteiger partial charge in [0.25, 0.3) is 0 Å². The van der Waals surface area contributed by atoms with E-state index < -0.39 is 0 Å². The van der Waals surface area contributed by atoms with Crippen molar-refractivity contribution in [2.24, 2.45) is 10.9 Å². The molecule has 0 amide bonds. The molecule has 2 atom stereocenters. The fourth-order valence-electron chi connectivity index (χ4n) is 3.95. The Morgan fingerprint density at radius 2 is 2.10 bits per heavy atom. The van der Waals surface area contributed by atoms with Crippen molar-refractivity contribution in [1.82, 2.24) is 15.5 Å². The van der Waals surface area contributed by atoms with Crippen molar-refractivity contribution >= 4 is 35.6 Å². The Morgan fingerprint density at radius 3 is 2.83 bits per heavy atom. The summed E-state index contributed by atoms with van der Waals surface area (Å²) in [4.78, 5) is 9.11. The molecule has 2 fully saturated rings. The van der Waals surface area contributed by atoms with Crippen molar-refractivity contribution in [2.45, 2.75) is 25.8 Å². The molecule has 8 heteroatoms. The number of hydrogen-bond acceptors (Lipinski definition) is 4. The highest BCUT2D eigenvalue weighted by atomic mass is 127. The molecule has 6 nitrogen and oxygen atoms in total. The van der Waals surface area contributed by atoms with Gasteiger partial charge >= 0.3 is 0 Å². The van der Waals surface area contributed by atoms with Crippen LogP contribution in [0.1, 0.15) is 19.8 Å². The number of aliphatic imine (C=N–C) groups is 1. The van der Waals surface area contributed by atoms with Crippen LogP contribution in [0.5, 0.6) is 0 Å². The molecule has 0 aromatic heterocycles. The van der Waals surface area contributed by atoms with Crippen molar-refractivity contribution in [2.75, 3.05) is 64.4 Å². The molecular formula is C21H35FIN5O. The second-order valence-corrected chi connectivity index (χ2v) is 7.88. The van der Waals surface area contributed by atoms with Crippen molar-refractivity contribution in [3.8, 4) is 0 Å². The number of rotatable bonds is 6. The second-order valence-electron chi connectivity index (χ2n) is 7.88. The molecule has 29 heavy (non-hydrogen) atoms. The van der Waals surface area contributed by atoms with E-state index in [4.69, 9.17) is 4.74 Å². The summed E-state index contributed by atoms with van der Waals surface area (Å²) in [6, 6.07) is 7.16. The van der Waals surface area contributed by atoms with E-state index in [1.54, 1.807) is 12.1 Å². The molecule has 2 aliphatic heterocycles. The number of ether oxygens (including phenoxy) is 1. The van der Waals surface area contributed by atoms with Gasteiger partial charge < -0.3 is 20.3 Å². The van der Waals surface area contributed by atoms with E-state index in [0.29, 0.717) is 12.0 Å². The number of morpholine rings is 1. The van der Waals surface area contributed by atoms with Crippen LogP contribution in [0, 0.1) is 11.7 Å². The number of anilines is 1. The first-order chi connectivity index (χ1) is 13.6. The molecule has 2 aliphatic rings. The number of halogens is 2. The van der Waals surface area contributed by atoms with Gasteiger partial charge in [0.2, 0.25) is 0 Å². The summed E-state index contributed by atoms with van der Waals surface area (Å²) in [7, 11) is 1.81. The lowest BCUT2D eigenvalue weighted by molar-refractivity contribution is 0.0320. The first-order valence-corrected chi connectivity index (χ1v) is 10.4. The van der Waals surface area contributed by atoms with E-state index in [0.717, 1.165) is 77.0 Å². The van der Waals surface area contributed by atoms with Gasteiger partial charge in [0.05, 0.1) is 13.2 Å². The third-order valence-electron chi connectivity index (χ3n) is 5.45. The van der Waals surface area contributed by atoms with Gasteiger partial charge in [0.15, 0.2) is 5.96 Å². The van der Waals surface area contributed by atoms with Crippen LogP contribution in [-0.4, -0.2) is 76.4 Å². The summed E-state index contributed by atoms with van der Waals surface area (Å²) in [5, 5.41) is 7.02. The lowest BCUT2D eigenvalue weighted by Crippen LogP contribution is -2.52. The van der Waals surface area contributed by atoms with Crippen molar-refractivity contribution in [3.63, 3.8) is 0 Å². The Bertz CT molecular complexity index is 641. The lowest BCUT2D eigenvalue weighted by atomic mass is 10.0. The highest BCUT2D eigenvalue weighted by Crippen LogP contribution is 2.20. The molecule has 0 bridgehead atoms. The molecule has 0 radical (unpaired) electrons. The Kier molecular flexibility index (Phi) is 10.4. The van der Waals surface area contributed by atoms with Crippen LogP contribution in [0.3, 0.4) is 0 Å². The molecule has 1 aromatic carbocycles. The first-order valence-electron chi connectivity index (χ1n) is 10.4. The maximum Gasteiger partial charge on any atom is 0.191 e. The summed E-state index contributed by atoms with van der Waals surface area (Å²) in [6.07, 6.45) is 2.18. The van der Waals surface area contributed by atoms with Gasteiger partial charge in [-0.3, -0.25) is 9.89 Å². The van der Waals surface area contributed by atoms with Gasteiger partial charge in [0, 0.05) is 58.0 Å². The largest absolute Gasteiger partial charge is 0.379 e. The first kappa shape index (κ1) is 24.1. The topological polar surface area (TPSA) is 52.1 Å². The SMILES string of the molecule is CN=C(NCC(C)CN1CCOCC1)NC1CCCN(c2cccc(F)c2)C1.I. The molecular weight excluding hydrogens is 484 g/mol. The smallest absolute Gasteiger partial charge is 0.191 e. The summed E-state index contributed by atoms with van der Waals surface area (Å²) < 4.78 is 19.0. The van der Waals surface area contributed by atoms with Crippen molar-refractivity contribution in [3.05, 3.63) is 30.1 Å². The maximum atomic E-state index is 13.5. The Labute approximate surface area is 191 Å². The summed E-state index contributed by atoms with van der Waals surface area (Å²) in [6.45, 7) is 9.77. The Morgan fingerprint density at radius 1 is 1.31 bits per heavy atom. The fraction of sp³-hybridized carbons (Fsp3) is 0.667. The van der Waals surface area contributed by atoms with Gasteiger partial charge in [-0.25, -0.2) is 4.39 Å². The molecule has 0 saturated carbocycles. The zero-order valence-corrected chi connectivity index (χ0v) is 19.9. The van der Waals surface area contributed by atoms with Crippen LogP contribution in [0.4, 0.5) is 10.1 Å². The maximum absolute atomic E-state index is 13.5. The number of benzene rings is 1. The van der Waals surface area contributed by atoms with E-state index in [2.05, 4.69) is 32.3 Å². The van der Waals surface area contributed by atoms with Crippen LogP contribution < -0.4 is 15.5 Å². The minimum absolute atomic E-state index is 0. The average molecular weight is 519 g/mol. The number of guanidine groups is 1. The van der Waals surface area contributed by atoms with E-state index in [1.807, 2.05) is 13.1 Å². The molecule has 2 heterocycles. The molecule has 2 N–H and O–H groups in total. The summed E-state index contributed by atoms with van der Waals surface area (Å²) in [5.41, 5.74) is 0.952. The molecule has 164 valence electrons. The Hall–Kier alpha value is -1.13. The van der Waals surface area contributed by atoms with Crippen LogP contribution in [0.25, 0.3) is 0 Å².